The highest BCUT2D eigenvalue weighted by atomic mass is 16.5. The molecule has 1 fully saturated rings. The maximum Gasteiger partial charge on any atom is 0.162 e. The molecule has 1 saturated carbocycles. The van der Waals surface area contributed by atoms with Crippen molar-refractivity contribution in [1.29, 1.82) is 0 Å². The zero-order chi connectivity index (χ0) is 17.9. The van der Waals surface area contributed by atoms with Crippen LogP contribution in [-0.2, 0) is 0 Å². The quantitative estimate of drug-likeness (QED) is 0.709. The lowest BCUT2D eigenvalue weighted by atomic mass is 9.94. The fourth-order valence-electron chi connectivity index (χ4n) is 3.32. The summed E-state index contributed by atoms with van der Waals surface area (Å²) in [6, 6.07) is 9.89. The Morgan fingerprint density at radius 3 is 2.88 bits per heavy atom. The van der Waals surface area contributed by atoms with Gasteiger partial charge in [-0.25, -0.2) is 9.50 Å². The van der Waals surface area contributed by atoms with Crippen LogP contribution in [0.15, 0.2) is 42.9 Å². The number of nitrogens with two attached hydrogens (primary N) is 1. The Labute approximate surface area is 152 Å². The number of benzene rings is 1. The van der Waals surface area contributed by atoms with Gasteiger partial charge >= 0.3 is 0 Å². The Balaban J connectivity index is 1.63. The molecule has 1 aliphatic rings. The van der Waals surface area contributed by atoms with Crippen molar-refractivity contribution in [1.82, 2.24) is 14.6 Å². The molecule has 1 aliphatic carbocycles. The Morgan fingerprint density at radius 1 is 1.23 bits per heavy atom. The Hall–Kier alpha value is -3.04. The molecule has 3 aromatic rings. The third kappa shape index (κ3) is 3.35. The van der Waals surface area contributed by atoms with Gasteiger partial charge in [0.1, 0.15) is 11.8 Å². The summed E-state index contributed by atoms with van der Waals surface area (Å²) in [6.45, 7) is 0. The van der Waals surface area contributed by atoms with Crippen LogP contribution in [0.3, 0.4) is 0 Å². The van der Waals surface area contributed by atoms with Gasteiger partial charge in [0.15, 0.2) is 11.6 Å². The van der Waals surface area contributed by atoms with Crippen LogP contribution in [0.25, 0.3) is 5.52 Å². The summed E-state index contributed by atoms with van der Waals surface area (Å²) in [5, 5.41) is 7.60. The van der Waals surface area contributed by atoms with Crippen LogP contribution in [0.4, 0.5) is 11.5 Å². The Morgan fingerprint density at radius 2 is 2.08 bits per heavy atom. The number of nitrogens with one attached hydrogen (secondary N) is 1. The fourth-order valence-corrected chi connectivity index (χ4v) is 3.32. The van der Waals surface area contributed by atoms with E-state index in [0.29, 0.717) is 11.9 Å². The standard InChI is InChI=1S/C20H21N5O/c1-2-14-4-3-5-16(12-14)24-20-19-18(10-11-25(19)23-13-22-20)26-17-8-6-15(21)7-9-17/h1,3-5,10-13,15,17H,6-9,21H2,(H,22,23,24). The van der Waals surface area contributed by atoms with Gasteiger partial charge in [-0.1, -0.05) is 12.0 Å². The second-order valence-corrected chi connectivity index (χ2v) is 6.59. The van der Waals surface area contributed by atoms with Crippen molar-refractivity contribution in [3.8, 4) is 18.1 Å². The van der Waals surface area contributed by atoms with Gasteiger partial charge < -0.3 is 15.8 Å². The molecule has 0 spiro atoms. The summed E-state index contributed by atoms with van der Waals surface area (Å²) < 4.78 is 8.02. The van der Waals surface area contributed by atoms with Crippen molar-refractivity contribution in [2.75, 3.05) is 5.32 Å². The van der Waals surface area contributed by atoms with Crippen molar-refractivity contribution >= 4 is 17.0 Å². The number of fused-ring (bicyclic) bond motifs is 1. The van der Waals surface area contributed by atoms with Crippen molar-refractivity contribution in [3.05, 3.63) is 48.4 Å². The number of rotatable bonds is 4. The van der Waals surface area contributed by atoms with E-state index < -0.39 is 0 Å². The van der Waals surface area contributed by atoms with Gasteiger partial charge in [0.05, 0.1) is 6.10 Å². The molecule has 3 N–H and O–H groups in total. The van der Waals surface area contributed by atoms with E-state index >= 15 is 0 Å². The summed E-state index contributed by atoms with van der Waals surface area (Å²) in [5.74, 6) is 4.10. The maximum atomic E-state index is 6.25. The molecular formula is C20H21N5O. The van der Waals surface area contributed by atoms with E-state index in [2.05, 4.69) is 21.3 Å². The number of hydrogen-bond donors (Lipinski definition) is 2. The number of hydrogen-bond acceptors (Lipinski definition) is 5. The van der Waals surface area contributed by atoms with Crippen LogP contribution in [0.2, 0.25) is 0 Å². The molecule has 0 saturated heterocycles. The monoisotopic (exact) mass is 347 g/mol. The van der Waals surface area contributed by atoms with Gasteiger partial charge in [-0.15, -0.1) is 6.42 Å². The second kappa shape index (κ2) is 7.06. The van der Waals surface area contributed by atoms with Crippen LogP contribution in [0, 0.1) is 12.3 Å². The molecule has 0 atom stereocenters. The van der Waals surface area contributed by atoms with E-state index in [1.165, 1.54) is 6.33 Å². The van der Waals surface area contributed by atoms with Crippen LogP contribution < -0.4 is 15.8 Å². The van der Waals surface area contributed by atoms with E-state index in [0.717, 1.165) is 48.2 Å². The van der Waals surface area contributed by atoms with E-state index in [4.69, 9.17) is 16.9 Å². The van der Waals surface area contributed by atoms with E-state index in [9.17, 15) is 0 Å². The summed E-state index contributed by atoms with van der Waals surface area (Å²) in [5.41, 5.74) is 8.49. The predicted octanol–water partition coefficient (Wildman–Crippen LogP) is 3.10. The molecule has 6 heteroatoms. The molecule has 0 amide bonds. The van der Waals surface area contributed by atoms with Crippen LogP contribution >= 0.6 is 0 Å². The molecule has 1 aromatic carbocycles. The molecule has 2 heterocycles. The minimum atomic E-state index is 0.179. The zero-order valence-electron chi connectivity index (χ0n) is 14.4. The predicted molar refractivity (Wildman–Crippen MR) is 102 cm³/mol. The summed E-state index contributed by atoms with van der Waals surface area (Å²) >= 11 is 0. The minimum absolute atomic E-state index is 0.179. The average Bonchev–Trinajstić information content (AvgIpc) is 3.08. The van der Waals surface area contributed by atoms with Crippen LogP contribution in [0.1, 0.15) is 31.2 Å². The molecule has 2 aromatic heterocycles. The lowest BCUT2D eigenvalue weighted by Gasteiger charge is -2.26. The highest BCUT2D eigenvalue weighted by molar-refractivity contribution is 5.79. The first-order valence-electron chi connectivity index (χ1n) is 8.81. The molecule has 132 valence electrons. The van der Waals surface area contributed by atoms with Gasteiger partial charge in [-0.05, 0) is 43.9 Å². The van der Waals surface area contributed by atoms with Crippen molar-refractivity contribution in [3.63, 3.8) is 0 Å². The zero-order valence-corrected chi connectivity index (χ0v) is 14.4. The summed E-state index contributed by atoms with van der Waals surface area (Å²) in [7, 11) is 0. The Kier molecular flexibility index (Phi) is 4.46. The number of ether oxygens (including phenoxy) is 1. The first-order chi connectivity index (χ1) is 12.7. The van der Waals surface area contributed by atoms with Crippen molar-refractivity contribution in [2.24, 2.45) is 5.73 Å². The normalized spacial score (nSPS) is 19.8. The second-order valence-electron chi connectivity index (χ2n) is 6.59. The lowest BCUT2D eigenvalue weighted by molar-refractivity contribution is 0.149. The van der Waals surface area contributed by atoms with Crippen LogP contribution in [0.5, 0.6) is 5.75 Å². The average molecular weight is 347 g/mol. The molecule has 0 unspecified atom stereocenters. The first kappa shape index (κ1) is 16.4. The van der Waals surface area contributed by atoms with Crippen molar-refractivity contribution < 1.29 is 4.74 Å². The first-order valence-corrected chi connectivity index (χ1v) is 8.81. The Bertz CT molecular complexity index is 950. The molecule has 0 aliphatic heterocycles. The third-order valence-corrected chi connectivity index (χ3v) is 4.72. The van der Waals surface area contributed by atoms with Crippen molar-refractivity contribution in [2.45, 2.75) is 37.8 Å². The lowest BCUT2D eigenvalue weighted by Crippen LogP contribution is -2.31. The highest BCUT2D eigenvalue weighted by Crippen LogP contribution is 2.31. The number of nitrogens with zero attached hydrogens (tertiary/aromatic N) is 3. The summed E-state index contributed by atoms with van der Waals surface area (Å²) in [6.07, 6.45) is 13.0. The minimum Gasteiger partial charge on any atom is -0.488 e. The summed E-state index contributed by atoms with van der Waals surface area (Å²) in [4.78, 5) is 4.40. The largest absolute Gasteiger partial charge is 0.488 e. The molecule has 0 radical (unpaired) electrons. The molecule has 6 nitrogen and oxygen atoms in total. The van der Waals surface area contributed by atoms with E-state index in [-0.39, 0.29) is 6.10 Å². The topological polar surface area (TPSA) is 77.5 Å². The number of aromatic nitrogens is 3. The third-order valence-electron chi connectivity index (χ3n) is 4.72. The van der Waals surface area contributed by atoms with Gasteiger partial charge in [0.25, 0.3) is 0 Å². The molecule has 26 heavy (non-hydrogen) atoms. The smallest absolute Gasteiger partial charge is 0.162 e. The van der Waals surface area contributed by atoms with E-state index in [1.807, 2.05) is 36.5 Å². The molecular weight excluding hydrogens is 326 g/mol. The van der Waals surface area contributed by atoms with Gasteiger partial charge in [0.2, 0.25) is 0 Å². The SMILES string of the molecule is C#Cc1cccc(Nc2ncnn3ccc(OC4CCC(N)CC4)c23)c1. The van der Waals surface area contributed by atoms with Gasteiger partial charge in [0, 0.05) is 29.6 Å². The highest BCUT2D eigenvalue weighted by Gasteiger charge is 2.22. The van der Waals surface area contributed by atoms with Gasteiger partial charge in [-0.2, -0.15) is 5.10 Å². The number of anilines is 2. The van der Waals surface area contributed by atoms with Gasteiger partial charge in [-0.3, -0.25) is 0 Å². The molecule has 0 bridgehead atoms. The molecule has 4 rings (SSSR count). The fraction of sp³-hybridized carbons (Fsp3) is 0.300. The maximum absolute atomic E-state index is 6.25. The van der Waals surface area contributed by atoms with Crippen LogP contribution in [-0.4, -0.2) is 26.7 Å². The number of terminal acetylenes is 1. The van der Waals surface area contributed by atoms with E-state index in [1.54, 1.807) is 4.52 Å².